The molecule has 0 unspecified atom stereocenters. The van der Waals surface area contributed by atoms with Crippen LogP contribution in [-0.2, 0) is 47.6 Å². The van der Waals surface area contributed by atoms with Gasteiger partial charge in [0.15, 0.2) is 6.29 Å². The van der Waals surface area contributed by atoms with Gasteiger partial charge in [0.1, 0.15) is 24.4 Å². The third-order valence-corrected chi connectivity index (χ3v) is 11.0. The van der Waals surface area contributed by atoms with Crippen LogP contribution in [0.2, 0.25) is 0 Å². The molecule has 0 aliphatic carbocycles. The number of rotatable bonds is 34. The van der Waals surface area contributed by atoms with E-state index in [4.69, 9.17) is 28.4 Å². The summed E-state index contributed by atoms with van der Waals surface area (Å²) in [5.41, 5.74) is 0. The Morgan fingerprint density at radius 3 is 1.21 bits per heavy atom. The Morgan fingerprint density at radius 2 is 0.849 bits per heavy atom. The van der Waals surface area contributed by atoms with Crippen LogP contribution in [0, 0.1) is 0 Å². The van der Waals surface area contributed by atoms with Crippen molar-refractivity contribution >= 4 is 70.9 Å². The average molecular weight is 867 g/mol. The second-order valence-corrected chi connectivity index (χ2v) is 15.6. The van der Waals surface area contributed by atoms with Crippen LogP contribution in [0.25, 0.3) is 0 Å². The van der Waals surface area contributed by atoms with Crippen molar-refractivity contribution < 1.29 is 186 Å². The van der Waals surface area contributed by atoms with Gasteiger partial charge in [-0.05, 0) is 97.4 Å². The van der Waals surface area contributed by atoms with E-state index in [1.165, 1.54) is 54.2 Å². The maximum absolute atomic E-state index is 10.7. The Hall–Kier alpha value is 3.04. The van der Waals surface area contributed by atoms with Gasteiger partial charge in [0.25, 0.3) is 0 Å². The van der Waals surface area contributed by atoms with Crippen molar-refractivity contribution in [2.24, 2.45) is 0 Å². The van der Waals surface area contributed by atoms with Crippen molar-refractivity contribution in [2.75, 3.05) is 86.2 Å². The fourth-order valence-electron chi connectivity index (χ4n) is 4.40. The molecule has 0 N–H and O–H groups in total. The number of carbonyl (C=O) groups is 4. The van der Waals surface area contributed by atoms with Crippen LogP contribution in [0.15, 0.2) is 0 Å². The minimum atomic E-state index is -1.09. The van der Waals surface area contributed by atoms with Crippen molar-refractivity contribution in [3.05, 3.63) is 0 Å². The van der Waals surface area contributed by atoms with Crippen LogP contribution in [0.3, 0.4) is 0 Å². The summed E-state index contributed by atoms with van der Waals surface area (Å²) in [6.07, 6.45) is -0.691. The van der Waals surface area contributed by atoms with E-state index in [2.05, 4.69) is 0 Å². The molecule has 0 amide bonds. The first-order valence-corrected chi connectivity index (χ1v) is 21.0. The molecule has 22 heteroatoms. The predicted molar refractivity (Wildman–Crippen MR) is 182 cm³/mol. The molecule has 1 fully saturated rings. The number of methoxy groups -OCH3 is 1. The van der Waals surface area contributed by atoms with Crippen molar-refractivity contribution in [1.82, 2.24) is 0 Å². The summed E-state index contributed by atoms with van der Waals surface area (Å²) in [7, 11) is 1.51. The fraction of sp³-hybridized carbons (Fsp3) is 0.871. The Morgan fingerprint density at radius 1 is 0.509 bits per heavy atom. The van der Waals surface area contributed by atoms with E-state index in [9.17, 15) is 39.6 Å². The minimum Gasteiger partial charge on any atom is -0.550 e. The summed E-state index contributed by atoms with van der Waals surface area (Å²) in [5.74, 6) is 0.244. The molecule has 1 heterocycles. The molecular formula is C31H50Na4O14S4. The summed E-state index contributed by atoms with van der Waals surface area (Å²) < 4.78 is 37.0. The van der Waals surface area contributed by atoms with E-state index in [1.807, 2.05) is 0 Å². The zero-order valence-corrected chi connectivity index (χ0v) is 43.4. The van der Waals surface area contributed by atoms with Gasteiger partial charge < -0.3 is 68.0 Å². The average Bonchev–Trinajstić information content (AvgIpc) is 3.04. The molecule has 0 bridgehead atoms. The molecular weight excluding hydrogens is 817 g/mol. The van der Waals surface area contributed by atoms with Crippen LogP contribution in [0.5, 0.6) is 0 Å². The number of hydrogen-bond acceptors (Lipinski definition) is 18. The quantitative estimate of drug-likeness (QED) is 0.0434. The van der Waals surface area contributed by atoms with Gasteiger partial charge in [-0.3, -0.25) is 0 Å². The number of ether oxygens (including phenoxy) is 6. The second-order valence-electron chi connectivity index (χ2n) is 10.7. The largest absolute Gasteiger partial charge is 1.00 e. The molecule has 1 aliphatic heterocycles. The summed E-state index contributed by atoms with van der Waals surface area (Å²) >= 11 is 5.99. The van der Waals surface area contributed by atoms with Crippen LogP contribution >= 0.6 is 47.0 Å². The molecule has 1 saturated heterocycles. The molecule has 0 spiro atoms. The van der Waals surface area contributed by atoms with Gasteiger partial charge in [-0.1, -0.05) is 0 Å². The van der Waals surface area contributed by atoms with E-state index in [0.29, 0.717) is 92.4 Å². The third-order valence-electron chi connectivity index (χ3n) is 6.72. The van der Waals surface area contributed by atoms with Crippen molar-refractivity contribution in [1.29, 1.82) is 0 Å². The Bertz CT molecular complexity index is 923. The van der Waals surface area contributed by atoms with Gasteiger partial charge in [-0.15, -0.1) is 0 Å². The summed E-state index contributed by atoms with van der Waals surface area (Å²) in [4.78, 5) is 42.7. The van der Waals surface area contributed by atoms with Crippen LogP contribution < -0.4 is 139 Å². The molecule has 5 atom stereocenters. The standard InChI is InChI=1S/C31H54O14S4.4Na/c1-40-31-30(44-13-5-17-49-21-9-27(38)39)29(43-12-4-16-48-20-8-26(36)37)28(42-11-3-15-47-19-7-25(34)35)23(45-31)22-41-10-2-14-46-18-6-24(32)33;;;;/h23,28-31H,2-22H2,1H3,(H,32,33)(H,34,35)(H,36,37)(H,38,39);;;;/q;4*+1/p-4/t23-,28-,29-,30-,31+;;;;/m1..../s1. The molecule has 1 rings (SSSR count). The first kappa shape index (κ1) is 62.7. The maximum atomic E-state index is 10.7. The zero-order chi connectivity index (χ0) is 36.1. The predicted octanol–water partition coefficient (Wildman–Crippen LogP) is -13.4. The number of hydrogen-bond donors (Lipinski definition) is 0. The summed E-state index contributed by atoms with van der Waals surface area (Å²) in [5, 5.41) is 42.7. The van der Waals surface area contributed by atoms with Crippen molar-refractivity contribution in [2.45, 2.75) is 82.1 Å². The molecule has 14 nitrogen and oxygen atoms in total. The molecule has 286 valence electrons. The number of aliphatic carboxylic acids is 4. The topological polar surface area (TPSA) is 216 Å². The third kappa shape index (κ3) is 35.5. The van der Waals surface area contributed by atoms with Gasteiger partial charge in [0.2, 0.25) is 0 Å². The Labute approximate surface area is 419 Å². The normalized spacial score (nSPS) is 19.2. The van der Waals surface area contributed by atoms with E-state index in [0.717, 1.165) is 5.75 Å². The van der Waals surface area contributed by atoms with Gasteiger partial charge in [0.05, 0.1) is 6.61 Å². The minimum absolute atomic E-state index is 0. The zero-order valence-electron chi connectivity index (χ0n) is 32.1. The van der Waals surface area contributed by atoms with E-state index in [-0.39, 0.29) is 151 Å². The number of thioether (sulfide) groups is 4. The number of carbonyl (C=O) groups excluding carboxylic acids is 4. The first-order chi connectivity index (χ1) is 23.6. The second kappa shape index (κ2) is 43.1. The van der Waals surface area contributed by atoms with Crippen LogP contribution in [-0.4, -0.2) is 141 Å². The summed E-state index contributed by atoms with van der Waals surface area (Å²) in [6.45, 7) is 1.62. The molecule has 0 aromatic rings. The molecule has 53 heavy (non-hydrogen) atoms. The molecule has 0 aromatic carbocycles. The first-order valence-electron chi connectivity index (χ1n) is 16.4. The smallest absolute Gasteiger partial charge is 0.550 e. The molecule has 0 aromatic heterocycles. The fourth-order valence-corrected chi connectivity index (χ4v) is 7.75. The molecule has 0 saturated carbocycles. The van der Waals surface area contributed by atoms with Crippen LogP contribution in [0.4, 0.5) is 0 Å². The monoisotopic (exact) mass is 866 g/mol. The van der Waals surface area contributed by atoms with Crippen molar-refractivity contribution in [3.8, 4) is 0 Å². The maximum Gasteiger partial charge on any atom is 1.00 e. The Kier molecular flexibility index (Phi) is 51.0. The van der Waals surface area contributed by atoms with Crippen molar-refractivity contribution in [3.63, 3.8) is 0 Å². The van der Waals surface area contributed by atoms with E-state index < -0.39 is 54.6 Å². The SMILES string of the molecule is CO[C@H]1O[C@H](COCCCSCCC(=O)[O-])[C@@H](OCCCSCCC(=O)[O-])[C@@H](OCCCSCCC(=O)[O-])[C@H]1OCCCSCCC(=O)[O-].[Na+].[Na+].[Na+].[Na+]. The van der Waals surface area contributed by atoms with E-state index in [1.54, 1.807) is 0 Å². The molecule has 1 aliphatic rings. The summed E-state index contributed by atoms with van der Waals surface area (Å²) in [6, 6.07) is 0. The number of carboxylic acids is 4. The molecule has 0 radical (unpaired) electrons. The van der Waals surface area contributed by atoms with Gasteiger partial charge in [-0.25, -0.2) is 0 Å². The Balaban J connectivity index is -0.00000300. The van der Waals surface area contributed by atoms with Crippen LogP contribution in [0.1, 0.15) is 51.4 Å². The van der Waals surface area contributed by atoms with Gasteiger partial charge >= 0.3 is 118 Å². The van der Waals surface area contributed by atoms with Gasteiger partial charge in [-0.2, -0.15) is 47.0 Å². The number of carboxylic acid groups (broad SMARTS) is 4. The van der Waals surface area contributed by atoms with E-state index >= 15 is 0 Å². The van der Waals surface area contributed by atoms with Gasteiger partial charge in [0, 0.05) is 57.4 Å².